The Morgan fingerprint density at radius 3 is 2.41 bits per heavy atom. The third kappa shape index (κ3) is 3.88. The number of rotatable bonds is 4. The van der Waals surface area contributed by atoms with Gasteiger partial charge in [-0.1, -0.05) is 41.9 Å². The molecule has 3 aromatic rings. The Bertz CT molecular complexity index is 982. The molecule has 0 aliphatic carbocycles. The summed E-state index contributed by atoms with van der Waals surface area (Å²) in [5.74, 6) is 0. The van der Waals surface area contributed by atoms with Gasteiger partial charge in [-0.3, -0.25) is 9.13 Å². The van der Waals surface area contributed by atoms with E-state index in [4.69, 9.17) is 23.8 Å². The lowest BCUT2D eigenvalue weighted by Gasteiger charge is -2.23. The van der Waals surface area contributed by atoms with Crippen LogP contribution in [0.4, 0.5) is 0 Å². The van der Waals surface area contributed by atoms with Crippen LogP contribution < -0.4 is 4.90 Å². The van der Waals surface area contributed by atoms with Crippen molar-refractivity contribution in [2.24, 2.45) is 0 Å². The number of quaternary nitrogens is 1. The lowest BCUT2D eigenvalue weighted by molar-refractivity contribution is -0.927. The van der Waals surface area contributed by atoms with Crippen molar-refractivity contribution in [3.63, 3.8) is 0 Å². The van der Waals surface area contributed by atoms with Crippen LogP contribution in [0, 0.1) is 11.7 Å². The molecule has 0 radical (unpaired) electrons. The highest BCUT2D eigenvalue weighted by molar-refractivity contribution is 7.71. The number of halogens is 1. The second-order valence-corrected chi connectivity index (χ2v) is 8.17. The SMILES string of the molecule is Cc1ccccc1-n1c(-c2ccc(Cl)cc2)cn(C[NH+]2CCCCC2)c1=S. The van der Waals surface area contributed by atoms with Crippen molar-refractivity contribution in [1.82, 2.24) is 9.13 Å². The number of imidazole rings is 1. The second kappa shape index (κ2) is 8.01. The number of hydrogen-bond acceptors (Lipinski definition) is 1. The molecule has 0 bridgehead atoms. The van der Waals surface area contributed by atoms with E-state index in [1.54, 1.807) is 4.90 Å². The van der Waals surface area contributed by atoms with Gasteiger partial charge in [0.05, 0.1) is 24.5 Å². The molecule has 0 atom stereocenters. The van der Waals surface area contributed by atoms with Crippen LogP contribution in [0.25, 0.3) is 16.9 Å². The summed E-state index contributed by atoms with van der Waals surface area (Å²) >= 11 is 12.0. The second-order valence-electron chi connectivity index (χ2n) is 7.36. The van der Waals surface area contributed by atoms with Gasteiger partial charge in [-0.25, -0.2) is 0 Å². The molecule has 0 saturated carbocycles. The van der Waals surface area contributed by atoms with Crippen LogP contribution in [-0.2, 0) is 6.67 Å². The third-order valence-electron chi connectivity index (χ3n) is 5.41. The summed E-state index contributed by atoms with van der Waals surface area (Å²) in [4.78, 5) is 1.61. The zero-order valence-corrected chi connectivity index (χ0v) is 17.2. The summed E-state index contributed by atoms with van der Waals surface area (Å²) in [7, 11) is 0. The molecule has 2 aromatic carbocycles. The Hall–Kier alpha value is -1.88. The normalized spacial score (nSPS) is 15.2. The Balaban J connectivity index is 1.83. The quantitative estimate of drug-likeness (QED) is 0.631. The fraction of sp³-hybridized carbons (Fsp3) is 0.318. The van der Waals surface area contributed by atoms with Gasteiger partial charge in [0, 0.05) is 16.8 Å². The molecule has 1 aliphatic rings. The molecule has 1 N–H and O–H groups in total. The highest BCUT2D eigenvalue weighted by Crippen LogP contribution is 2.27. The minimum atomic E-state index is 0.747. The minimum absolute atomic E-state index is 0.747. The van der Waals surface area contributed by atoms with E-state index in [-0.39, 0.29) is 0 Å². The number of aromatic nitrogens is 2. The maximum Gasteiger partial charge on any atom is 0.189 e. The van der Waals surface area contributed by atoms with Crippen molar-refractivity contribution in [2.75, 3.05) is 13.1 Å². The van der Waals surface area contributed by atoms with Gasteiger partial charge in [0.1, 0.15) is 0 Å². The summed E-state index contributed by atoms with van der Waals surface area (Å²) in [5.41, 5.74) is 4.59. The first-order valence-corrected chi connectivity index (χ1v) is 10.4. The topological polar surface area (TPSA) is 14.3 Å². The van der Waals surface area contributed by atoms with E-state index in [0.29, 0.717) is 0 Å². The van der Waals surface area contributed by atoms with Gasteiger partial charge in [0.2, 0.25) is 0 Å². The largest absolute Gasteiger partial charge is 0.318 e. The monoisotopic (exact) mass is 398 g/mol. The van der Waals surface area contributed by atoms with Crippen LogP contribution in [0.5, 0.6) is 0 Å². The van der Waals surface area contributed by atoms with E-state index in [1.165, 1.54) is 37.9 Å². The lowest BCUT2D eigenvalue weighted by atomic mass is 10.1. The zero-order chi connectivity index (χ0) is 18.8. The fourth-order valence-electron chi connectivity index (χ4n) is 3.93. The van der Waals surface area contributed by atoms with Gasteiger partial charge >= 0.3 is 0 Å². The molecule has 0 unspecified atom stereocenters. The van der Waals surface area contributed by atoms with Gasteiger partial charge in [-0.15, -0.1) is 0 Å². The Labute approximate surface area is 170 Å². The van der Waals surface area contributed by atoms with Gasteiger partial charge in [-0.2, -0.15) is 0 Å². The minimum Gasteiger partial charge on any atom is -0.318 e. The molecule has 0 spiro atoms. The first-order chi connectivity index (χ1) is 13.1. The van der Waals surface area contributed by atoms with Crippen molar-refractivity contribution in [1.29, 1.82) is 0 Å². The molecule has 5 heteroatoms. The third-order valence-corrected chi connectivity index (χ3v) is 6.08. The number of nitrogens with one attached hydrogen (secondary N) is 1. The molecule has 1 aliphatic heterocycles. The molecule has 27 heavy (non-hydrogen) atoms. The molecule has 1 aromatic heterocycles. The molecule has 2 heterocycles. The molecule has 0 amide bonds. The van der Waals surface area contributed by atoms with E-state index in [0.717, 1.165) is 33.4 Å². The molecule has 1 fully saturated rings. The maximum atomic E-state index is 6.11. The first kappa shape index (κ1) is 18.5. The highest BCUT2D eigenvalue weighted by atomic mass is 35.5. The number of likely N-dealkylation sites (tertiary alicyclic amines) is 1. The number of nitrogens with zero attached hydrogens (tertiary/aromatic N) is 2. The Morgan fingerprint density at radius 2 is 1.70 bits per heavy atom. The van der Waals surface area contributed by atoms with Gasteiger partial charge < -0.3 is 4.90 Å². The van der Waals surface area contributed by atoms with Crippen molar-refractivity contribution in [3.8, 4) is 16.9 Å². The van der Waals surface area contributed by atoms with Crippen molar-refractivity contribution < 1.29 is 4.90 Å². The van der Waals surface area contributed by atoms with Crippen LogP contribution >= 0.6 is 23.8 Å². The standard InChI is InChI=1S/C22H24ClN3S/c1-17-7-3-4-8-20(17)26-21(18-9-11-19(23)12-10-18)15-25(22(26)27)16-24-13-5-2-6-14-24/h3-4,7-12,15H,2,5-6,13-14,16H2,1H3/p+1. The summed E-state index contributed by atoms with van der Waals surface area (Å²) in [6.45, 7) is 5.52. The molecular formula is C22H25ClN3S+. The van der Waals surface area contributed by atoms with E-state index in [2.05, 4.69) is 58.7 Å². The summed E-state index contributed by atoms with van der Waals surface area (Å²) in [6, 6.07) is 16.4. The van der Waals surface area contributed by atoms with Gasteiger partial charge in [0.15, 0.2) is 11.4 Å². The van der Waals surface area contributed by atoms with Crippen molar-refractivity contribution in [3.05, 3.63) is 70.1 Å². The number of aryl methyl sites for hydroxylation is 1. The Morgan fingerprint density at radius 1 is 1.00 bits per heavy atom. The predicted octanol–water partition coefficient (Wildman–Crippen LogP) is 4.66. The first-order valence-electron chi connectivity index (χ1n) is 9.61. The Kier molecular flexibility index (Phi) is 5.48. The average Bonchev–Trinajstić information content (AvgIpc) is 3.00. The average molecular weight is 399 g/mol. The van der Waals surface area contributed by atoms with Crippen LogP contribution in [0.15, 0.2) is 54.7 Å². The lowest BCUT2D eigenvalue weighted by Crippen LogP contribution is -3.12. The van der Waals surface area contributed by atoms with Crippen molar-refractivity contribution in [2.45, 2.75) is 32.9 Å². The van der Waals surface area contributed by atoms with Crippen molar-refractivity contribution >= 4 is 23.8 Å². The summed E-state index contributed by atoms with van der Waals surface area (Å²) < 4.78 is 5.30. The summed E-state index contributed by atoms with van der Waals surface area (Å²) in [5, 5.41) is 0.747. The maximum absolute atomic E-state index is 6.11. The molecule has 140 valence electrons. The highest BCUT2D eigenvalue weighted by Gasteiger charge is 2.18. The molecular weight excluding hydrogens is 374 g/mol. The number of hydrogen-bond donors (Lipinski definition) is 1. The van der Waals surface area contributed by atoms with Gasteiger partial charge in [0.25, 0.3) is 0 Å². The number of piperidine rings is 1. The number of benzene rings is 2. The van der Waals surface area contributed by atoms with Crippen LogP contribution in [0.1, 0.15) is 24.8 Å². The van der Waals surface area contributed by atoms with Crippen LogP contribution in [0.2, 0.25) is 5.02 Å². The molecule has 3 nitrogen and oxygen atoms in total. The van der Waals surface area contributed by atoms with E-state index in [1.807, 2.05) is 12.1 Å². The van der Waals surface area contributed by atoms with Gasteiger partial charge in [-0.05, 0) is 62.2 Å². The number of para-hydroxylation sites is 1. The van der Waals surface area contributed by atoms with E-state index in [9.17, 15) is 0 Å². The molecule has 1 saturated heterocycles. The van der Waals surface area contributed by atoms with Crippen LogP contribution in [-0.4, -0.2) is 22.2 Å². The summed E-state index contributed by atoms with van der Waals surface area (Å²) in [6.07, 6.45) is 6.19. The fourth-order valence-corrected chi connectivity index (χ4v) is 4.37. The zero-order valence-electron chi connectivity index (χ0n) is 15.6. The predicted molar refractivity (Wildman–Crippen MR) is 114 cm³/mol. The smallest absolute Gasteiger partial charge is 0.189 e. The van der Waals surface area contributed by atoms with E-state index < -0.39 is 0 Å². The van der Waals surface area contributed by atoms with Crippen LogP contribution in [0.3, 0.4) is 0 Å². The van der Waals surface area contributed by atoms with E-state index >= 15 is 0 Å². The molecule has 4 rings (SSSR count).